The summed E-state index contributed by atoms with van der Waals surface area (Å²) in [4.78, 5) is 52.1. The van der Waals surface area contributed by atoms with E-state index in [0.29, 0.717) is 18.7 Å². The van der Waals surface area contributed by atoms with Crippen molar-refractivity contribution in [3.63, 3.8) is 0 Å². The number of Topliss-reactive ketones (excluding diaryl/α,β-unsaturated/α-hetero) is 1. The fraction of sp³-hybridized carbons (Fsp3) is 0.440. The highest BCUT2D eigenvalue weighted by molar-refractivity contribution is 6.43. The third-order valence-corrected chi connectivity index (χ3v) is 5.26. The Morgan fingerprint density at radius 3 is 2.30 bits per heavy atom. The minimum atomic E-state index is -0.743. The molecule has 176 valence electrons. The van der Waals surface area contributed by atoms with Crippen LogP contribution in [0.1, 0.15) is 51.7 Å². The molecule has 33 heavy (non-hydrogen) atoms. The number of rotatable bonds is 6. The molecule has 0 radical (unpaired) electrons. The molecule has 1 heterocycles. The highest BCUT2D eigenvalue weighted by Gasteiger charge is 2.35. The number of benzene rings is 1. The van der Waals surface area contributed by atoms with Crippen molar-refractivity contribution in [2.45, 2.75) is 65.3 Å². The second kappa shape index (κ2) is 10.0. The van der Waals surface area contributed by atoms with Crippen LogP contribution in [0.5, 0.6) is 0 Å². The summed E-state index contributed by atoms with van der Waals surface area (Å²) < 4.78 is 10.3. The van der Waals surface area contributed by atoms with Gasteiger partial charge in [0.25, 0.3) is 5.91 Å². The van der Waals surface area contributed by atoms with Gasteiger partial charge in [-0.2, -0.15) is 0 Å². The van der Waals surface area contributed by atoms with Crippen LogP contribution < -0.4 is 5.32 Å². The van der Waals surface area contributed by atoms with Gasteiger partial charge in [0.2, 0.25) is 5.78 Å². The van der Waals surface area contributed by atoms with Crippen LogP contribution in [0.2, 0.25) is 0 Å². The lowest BCUT2D eigenvalue weighted by atomic mass is 9.90. The molecule has 1 aliphatic carbocycles. The molecule has 1 N–H and O–H groups in total. The Bertz CT molecular complexity index is 993. The lowest BCUT2D eigenvalue weighted by Gasteiger charge is -2.27. The van der Waals surface area contributed by atoms with Crippen molar-refractivity contribution in [2.75, 3.05) is 6.61 Å². The molecule has 3 rings (SSSR count). The average molecular weight is 455 g/mol. The topological polar surface area (TPSA) is 102 Å². The van der Waals surface area contributed by atoms with Gasteiger partial charge >= 0.3 is 12.1 Å². The van der Waals surface area contributed by atoms with Crippen molar-refractivity contribution in [3.05, 3.63) is 58.7 Å². The van der Waals surface area contributed by atoms with Crippen LogP contribution in [0.15, 0.2) is 47.6 Å². The number of nitrogens with one attached hydrogen (secondary N) is 1. The van der Waals surface area contributed by atoms with E-state index in [1.807, 2.05) is 24.3 Å². The standard InChI is InChI=1S/C25H30N2O6/c1-5-32-21(28)13-16-10-11-20(26-24(31)33-25(2,3)4)19(12-16)22(29)23(30)27-14-17-8-6-7-9-18(17)15-27/h6-10,12,20H,5,11,13-15H2,1-4H3,(H,26,31). The molecule has 2 aliphatic rings. The van der Waals surface area contributed by atoms with E-state index in [4.69, 9.17) is 9.47 Å². The molecule has 0 fully saturated rings. The summed E-state index contributed by atoms with van der Waals surface area (Å²) in [6.07, 6.45) is 2.80. The molecule has 1 aromatic carbocycles. The maximum Gasteiger partial charge on any atom is 0.408 e. The number of esters is 1. The van der Waals surface area contributed by atoms with Gasteiger partial charge in [0, 0.05) is 18.7 Å². The van der Waals surface area contributed by atoms with Crippen molar-refractivity contribution in [1.29, 1.82) is 0 Å². The SMILES string of the molecule is CCOC(=O)CC1=CCC(NC(=O)OC(C)(C)C)C(C(=O)C(=O)N2Cc3ccccc3C2)=C1. The number of amides is 2. The Hall–Kier alpha value is -3.42. The first-order valence-corrected chi connectivity index (χ1v) is 11.0. The van der Waals surface area contributed by atoms with E-state index in [0.717, 1.165) is 11.1 Å². The molecule has 1 aliphatic heterocycles. The summed E-state index contributed by atoms with van der Waals surface area (Å²) in [6.45, 7) is 7.88. The number of fused-ring (bicyclic) bond motifs is 1. The van der Waals surface area contributed by atoms with Crippen molar-refractivity contribution < 1.29 is 28.7 Å². The number of carbonyl (C=O) groups is 4. The summed E-state index contributed by atoms with van der Waals surface area (Å²) in [5.41, 5.74) is 1.99. The summed E-state index contributed by atoms with van der Waals surface area (Å²) in [6, 6.07) is 6.91. The second-order valence-electron chi connectivity index (χ2n) is 9.05. The predicted molar refractivity (Wildman–Crippen MR) is 121 cm³/mol. The summed E-state index contributed by atoms with van der Waals surface area (Å²) in [5.74, 6) is -1.78. The molecular formula is C25H30N2O6. The van der Waals surface area contributed by atoms with E-state index >= 15 is 0 Å². The Labute approximate surface area is 193 Å². The minimum absolute atomic E-state index is 0.0207. The third-order valence-electron chi connectivity index (χ3n) is 5.26. The minimum Gasteiger partial charge on any atom is -0.466 e. The zero-order chi connectivity index (χ0) is 24.2. The Morgan fingerprint density at radius 1 is 1.09 bits per heavy atom. The molecule has 0 saturated heterocycles. The molecule has 1 unspecified atom stereocenters. The molecule has 8 heteroatoms. The number of carbonyl (C=O) groups excluding carboxylic acids is 4. The van der Waals surface area contributed by atoms with Gasteiger partial charge < -0.3 is 19.7 Å². The van der Waals surface area contributed by atoms with Gasteiger partial charge in [-0.15, -0.1) is 0 Å². The van der Waals surface area contributed by atoms with Gasteiger partial charge in [-0.25, -0.2) is 4.79 Å². The van der Waals surface area contributed by atoms with E-state index in [2.05, 4.69) is 5.32 Å². The monoisotopic (exact) mass is 454 g/mol. The van der Waals surface area contributed by atoms with Gasteiger partial charge in [-0.1, -0.05) is 30.3 Å². The largest absolute Gasteiger partial charge is 0.466 e. The average Bonchev–Trinajstić information content (AvgIpc) is 3.17. The molecular weight excluding hydrogens is 424 g/mol. The van der Waals surface area contributed by atoms with Gasteiger partial charge in [-0.3, -0.25) is 14.4 Å². The number of ketones is 1. The molecule has 2 amide bonds. The van der Waals surface area contributed by atoms with Crippen LogP contribution in [-0.4, -0.2) is 46.9 Å². The molecule has 0 aromatic heterocycles. The Morgan fingerprint density at radius 2 is 1.73 bits per heavy atom. The first-order valence-electron chi connectivity index (χ1n) is 11.0. The van der Waals surface area contributed by atoms with Crippen molar-refractivity contribution in [2.24, 2.45) is 0 Å². The summed E-state index contributed by atoms with van der Waals surface area (Å²) in [5, 5.41) is 2.69. The van der Waals surface area contributed by atoms with Crippen LogP contribution in [0.4, 0.5) is 4.79 Å². The van der Waals surface area contributed by atoms with Crippen molar-refractivity contribution in [3.8, 4) is 0 Å². The summed E-state index contributed by atoms with van der Waals surface area (Å²) >= 11 is 0. The highest BCUT2D eigenvalue weighted by atomic mass is 16.6. The molecule has 1 atom stereocenters. The lowest BCUT2D eigenvalue weighted by molar-refractivity contribution is -0.143. The highest BCUT2D eigenvalue weighted by Crippen LogP contribution is 2.26. The van der Waals surface area contributed by atoms with Crippen LogP contribution >= 0.6 is 0 Å². The van der Waals surface area contributed by atoms with Crippen LogP contribution in [0.25, 0.3) is 0 Å². The van der Waals surface area contributed by atoms with Crippen LogP contribution in [0, 0.1) is 0 Å². The zero-order valence-electron chi connectivity index (χ0n) is 19.5. The fourth-order valence-corrected chi connectivity index (χ4v) is 3.81. The van der Waals surface area contributed by atoms with Crippen LogP contribution in [0.3, 0.4) is 0 Å². The van der Waals surface area contributed by atoms with Gasteiger partial charge in [-0.05, 0) is 56.9 Å². The van der Waals surface area contributed by atoms with E-state index in [-0.39, 0.29) is 25.0 Å². The molecule has 8 nitrogen and oxygen atoms in total. The van der Waals surface area contributed by atoms with Crippen LogP contribution in [-0.2, 0) is 36.9 Å². The number of hydrogen-bond donors (Lipinski definition) is 1. The maximum absolute atomic E-state index is 13.3. The van der Waals surface area contributed by atoms with E-state index in [1.165, 1.54) is 11.0 Å². The number of hydrogen-bond acceptors (Lipinski definition) is 6. The molecule has 0 spiro atoms. The lowest BCUT2D eigenvalue weighted by Crippen LogP contribution is -2.45. The number of nitrogens with zero attached hydrogens (tertiary/aromatic N) is 1. The zero-order valence-corrected chi connectivity index (χ0v) is 19.5. The fourth-order valence-electron chi connectivity index (χ4n) is 3.81. The number of alkyl carbamates (subject to hydrolysis) is 1. The van der Waals surface area contributed by atoms with Crippen molar-refractivity contribution in [1.82, 2.24) is 10.2 Å². The smallest absolute Gasteiger partial charge is 0.408 e. The van der Waals surface area contributed by atoms with Gasteiger partial charge in [0.05, 0.1) is 19.1 Å². The van der Waals surface area contributed by atoms with E-state index < -0.39 is 35.4 Å². The Kier molecular flexibility index (Phi) is 7.36. The molecule has 0 saturated carbocycles. The molecule has 1 aromatic rings. The second-order valence-corrected chi connectivity index (χ2v) is 9.05. The normalized spacial score (nSPS) is 17.5. The Balaban J connectivity index is 1.79. The quantitative estimate of drug-likeness (QED) is 0.523. The maximum atomic E-state index is 13.3. The number of allylic oxidation sites excluding steroid dienone is 1. The van der Waals surface area contributed by atoms with E-state index in [9.17, 15) is 19.2 Å². The summed E-state index contributed by atoms with van der Waals surface area (Å²) in [7, 11) is 0. The number of ether oxygens (including phenoxy) is 2. The van der Waals surface area contributed by atoms with Crippen molar-refractivity contribution >= 4 is 23.8 Å². The van der Waals surface area contributed by atoms with Gasteiger partial charge in [0.15, 0.2) is 0 Å². The molecule has 0 bridgehead atoms. The first-order chi connectivity index (χ1) is 15.6. The predicted octanol–water partition coefficient (Wildman–Crippen LogP) is 3.20. The van der Waals surface area contributed by atoms with Gasteiger partial charge in [0.1, 0.15) is 5.60 Å². The first kappa shape index (κ1) is 24.2. The van der Waals surface area contributed by atoms with E-state index in [1.54, 1.807) is 33.8 Å². The third kappa shape index (κ3) is 6.31.